The van der Waals surface area contributed by atoms with Crippen LogP contribution in [-0.2, 0) is 6.18 Å². The van der Waals surface area contributed by atoms with E-state index >= 15 is 0 Å². The quantitative estimate of drug-likeness (QED) is 0.879. The van der Waals surface area contributed by atoms with E-state index in [1.165, 1.54) is 0 Å². The second-order valence-corrected chi connectivity index (χ2v) is 7.14. The molecule has 3 nitrogen and oxygen atoms in total. The van der Waals surface area contributed by atoms with E-state index in [2.05, 4.69) is 0 Å². The van der Waals surface area contributed by atoms with Gasteiger partial charge in [0.25, 0.3) is 5.91 Å². The highest BCUT2D eigenvalue weighted by atomic mass is 35.5. The number of fused-ring (bicyclic) bond motifs is 2. The minimum atomic E-state index is -4.53. The van der Waals surface area contributed by atoms with E-state index in [0.717, 1.165) is 37.5 Å². The predicted molar refractivity (Wildman–Crippen MR) is 83.9 cm³/mol. The Morgan fingerprint density at radius 1 is 1.42 bits per heavy atom. The van der Waals surface area contributed by atoms with Gasteiger partial charge in [-0.2, -0.15) is 13.2 Å². The van der Waals surface area contributed by atoms with Gasteiger partial charge in [-0.3, -0.25) is 4.79 Å². The van der Waals surface area contributed by atoms with Gasteiger partial charge in [-0.1, -0.05) is 18.5 Å². The Morgan fingerprint density at radius 2 is 2.12 bits per heavy atom. The fraction of sp³-hybridized carbons (Fsp3) is 0.588. The van der Waals surface area contributed by atoms with Crippen LogP contribution >= 0.6 is 11.6 Å². The van der Waals surface area contributed by atoms with Gasteiger partial charge in [-0.25, -0.2) is 0 Å². The number of halogens is 4. The molecule has 0 saturated carbocycles. The summed E-state index contributed by atoms with van der Waals surface area (Å²) in [6, 6.07) is 2.64. The van der Waals surface area contributed by atoms with Crippen LogP contribution in [-0.4, -0.2) is 34.6 Å². The van der Waals surface area contributed by atoms with Crippen molar-refractivity contribution in [3.8, 4) is 0 Å². The lowest BCUT2D eigenvalue weighted by Crippen LogP contribution is -2.42. The maximum atomic E-state index is 12.9. The van der Waals surface area contributed by atoms with Gasteiger partial charge in [0.05, 0.1) is 22.8 Å². The molecular weight excluding hydrogens is 343 g/mol. The molecule has 2 saturated heterocycles. The van der Waals surface area contributed by atoms with Crippen LogP contribution in [0.5, 0.6) is 0 Å². The fourth-order valence-corrected chi connectivity index (χ4v) is 4.46. The summed E-state index contributed by atoms with van der Waals surface area (Å²) in [5.74, 6) is -0.470. The summed E-state index contributed by atoms with van der Waals surface area (Å²) in [5.41, 5.74) is -1.36. The molecule has 2 aliphatic heterocycles. The maximum absolute atomic E-state index is 12.9. The maximum Gasteiger partial charge on any atom is 0.416 e. The van der Waals surface area contributed by atoms with Gasteiger partial charge < -0.3 is 10.0 Å². The summed E-state index contributed by atoms with van der Waals surface area (Å²) in [7, 11) is 0. The third kappa shape index (κ3) is 2.60. The molecule has 2 heterocycles. The molecule has 2 aliphatic rings. The van der Waals surface area contributed by atoms with Crippen LogP contribution in [0.25, 0.3) is 0 Å². The molecule has 1 amide bonds. The first-order valence-electron chi connectivity index (χ1n) is 8.04. The van der Waals surface area contributed by atoms with Gasteiger partial charge in [0, 0.05) is 17.5 Å². The van der Waals surface area contributed by atoms with Crippen LogP contribution in [0.4, 0.5) is 13.2 Å². The number of hydrogen-bond acceptors (Lipinski definition) is 2. The molecule has 0 spiro atoms. The monoisotopic (exact) mass is 361 g/mol. The number of hydrogen-bond donors (Lipinski definition) is 1. The summed E-state index contributed by atoms with van der Waals surface area (Å²) in [5, 5.41) is 9.82. The number of aliphatic hydroxyl groups excluding tert-OH is 1. The second kappa shape index (κ2) is 5.92. The Balaban J connectivity index is 1.96. The average Bonchev–Trinajstić information content (AvgIpc) is 3.09. The third-order valence-corrected chi connectivity index (χ3v) is 5.96. The molecule has 1 N–H and O–H groups in total. The lowest BCUT2D eigenvalue weighted by molar-refractivity contribution is -0.137. The normalized spacial score (nSPS) is 29.3. The van der Waals surface area contributed by atoms with Gasteiger partial charge in [0.1, 0.15) is 0 Å². The number of rotatable bonds is 3. The summed E-state index contributed by atoms with van der Waals surface area (Å²) < 4.78 is 38.8. The molecule has 0 aromatic heterocycles. The van der Waals surface area contributed by atoms with Crippen molar-refractivity contribution in [1.82, 2.24) is 4.90 Å². The van der Waals surface area contributed by atoms with Gasteiger partial charge in [0.2, 0.25) is 0 Å². The molecule has 2 bridgehead atoms. The van der Waals surface area contributed by atoms with Crippen molar-refractivity contribution in [2.75, 3.05) is 6.61 Å². The van der Waals surface area contributed by atoms with Crippen molar-refractivity contribution in [3.05, 3.63) is 34.3 Å². The van der Waals surface area contributed by atoms with E-state index in [-0.39, 0.29) is 34.7 Å². The van der Waals surface area contributed by atoms with E-state index < -0.39 is 17.6 Å². The van der Waals surface area contributed by atoms with E-state index in [4.69, 9.17) is 11.6 Å². The van der Waals surface area contributed by atoms with Gasteiger partial charge in [-0.05, 0) is 43.9 Å². The minimum absolute atomic E-state index is 0.0189. The number of carbonyl (C=O) groups is 1. The van der Waals surface area contributed by atoms with Crippen LogP contribution in [0.15, 0.2) is 18.2 Å². The Labute approximate surface area is 143 Å². The number of alkyl halides is 3. The molecule has 1 aromatic carbocycles. The minimum Gasteiger partial charge on any atom is -0.396 e. The van der Waals surface area contributed by atoms with Crippen molar-refractivity contribution in [1.29, 1.82) is 0 Å². The first-order valence-corrected chi connectivity index (χ1v) is 8.41. The standard InChI is InChI=1S/C17H19ClF3NO2/c1-2-16(9-23)8-11-4-6-14(16)22(11)15(24)12-7-10(17(19,20)21)3-5-13(12)18/h3,5,7,11,14,23H,2,4,6,8-9H2,1H3/t11-,14+,16-/m0/s1. The highest BCUT2D eigenvalue weighted by Gasteiger charge is 2.56. The highest BCUT2D eigenvalue weighted by Crippen LogP contribution is 2.52. The summed E-state index contributed by atoms with van der Waals surface area (Å²) in [4.78, 5) is 14.6. The Kier molecular flexibility index (Phi) is 4.33. The van der Waals surface area contributed by atoms with Gasteiger partial charge in [0.15, 0.2) is 0 Å². The zero-order valence-electron chi connectivity index (χ0n) is 13.2. The first kappa shape index (κ1) is 17.5. The molecule has 0 radical (unpaired) electrons. The molecular formula is C17H19ClF3NO2. The first-order chi connectivity index (χ1) is 11.2. The SMILES string of the molecule is CC[C@@]1(CO)C[C@@H]2CC[C@H]1N2C(=O)c1cc(C(F)(F)F)ccc1Cl. The lowest BCUT2D eigenvalue weighted by Gasteiger charge is -2.34. The smallest absolute Gasteiger partial charge is 0.396 e. The summed E-state index contributed by atoms with van der Waals surface area (Å²) in [6.45, 7) is 1.95. The Morgan fingerprint density at radius 3 is 2.67 bits per heavy atom. The van der Waals surface area contributed by atoms with E-state index in [1.54, 1.807) is 4.90 Å². The van der Waals surface area contributed by atoms with Crippen molar-refractivity contribution in [2.45, 2.75) is 50.9 Å². The Bertz CT molecular complexity index is 658. The lowest BCUT2D eigenvalue weighted by atomic mass is 9.72. The summed E-state index contributed by atoms with van der Waals surface area (Å²) >= 11 is 6.01. The zero-order valence-corrected chi connectivity index (χ0v) is 14.0. The van der Waals surface area contributed by atoms with Crippen molar-refractivity contribution < 1.29 is 23.1 Å². The van der Waals surface area contributed by atoms with Crippen LogP contribution in [0.2, 0.25) is 5.02 Å². The number of aliphatic hydroxyl groups is 1. The molecule has 3 rings (SSSR count). The van der Waals surface area contributed by atoms with E-state index in [1.807, 2.05) is 6.92 Å². The number of amides is 1. The molecule has 7 heteroatoms. The fourth-order valence-electron chi connectivity index (χ4n) is 4.26. The second-order valence-electron chi connectivity index (χ2n) is 6.73. The van der Waals surface area contributed by atoms with Crippen molar-refractivity contribution >= 4 is 17.5 Å². The number of benzene rings is 1. The molecule has 0 aliphatic carbocycles. The molecule has 3 atom stereocenters. The number of carbonyl (C=O) groups excluding carboxylic acids is 1. The van der Waals surface area contributed by atoms with E-state index in [9.17, 15) is 23.1 Å². The van der Waals surface area contributed by atoms with Crippen LogP contribution in [0.1, 0.15) is 48.5 Å². The number of nitrogens with zero attached hydrogens (tertiary/aromatic N) is 1. The average molecular weight is 362 g/mol. The molecule has 132 valence electrons. The third-order valence-electron chi connectivity index (χ3n) is 5.63. The largest absolute Gasteiger partial charge is 0.416 e. The molecule has 1 aromatic rings. The summed E-state index contributed by atoms with van der Waals surface area (Å²) in [6.07, 6.45) is -1.53. The van der Waals surface area contributed by atoms with Crippen LogP contribution in [0.3, 0.4) is 0 Å². The predicted octanol–water partition coefficient (Wildman–Crippen LogP) is 4.12. The van der Waals surface area contributed by atoms with Gasteiger partial charge in [-0.15, -0.1) is 0 Å². The van der Waals surface area contributed by atoms with Gasteiger partial charge >= 0.3 is 6.18 Å². The highest BCUT2D eigenvalue weighted by molar-refractivity contribution is 6.33. The van der Waals surface area contributed by atoms with E-state index in [0.29, 0.717) is 6.42 Å². The van der Waals surface area contributed by atoms with Crippen molar-refractivity contribution in [2.24, 2.45) is 5.41 Å². The molecule has 0 unspecified atom stereocenters. The zero-order chi connectivity index (χ0) is 17.7. The molecule has 24 heavy (non-hydrogen) atoms. The van der Waals surface area contributed by atoms with Crippen LogP contribution < -0.4 is 0 Å². The van der Waals surface area contributed by atoms with Crippen molar-refractivity contribution in [3.63, 3.8) is 0 Å². The topological polar surface area (TPSA) is 40.5 Å². The van der Waals surface area contributed by atoms with Crippen LogP contribution in [0, 0.1) is 5.41 Å². The molecule has 2 fully saturated rings. The Hall–Kier alpha value is -1.27.